The van der Waals surface area contributed by atoms with E-state index < -0.39 is 108 Å². The second kappa shape index (κ2) is 21.4. The first-order valence-corrected chi connectivity index (χ1v) is 26.2. The molecule has 452 valence electrons. The number of aryl methyl sites for hydroxylation is 4. The molecule has 9 aromatic rings. The highest BCUT2D eigenvalue weighted by molar-refractivity contribution is 6.45. The Morgan fingerprint density at radius 2 is 0.568 bits per heavy atom. The Labute approximate surface area is 487 Å². The summed E-state index contributed by atoms with van der Waals surface area (Å²) in [6.45, 7) is 3.11. The van der Waals surface area contributed by atoms with E-state index in [1.54, 1.807) is 100 Å². The van der Waals surface area contributed by atoms with Gasteiger partial charge in [0.1, 0.15) is 59.1 Å². The Morgan fingerprint density at radius 1 is 0.352 bits per heavy atom. The molecule has 0 bridgehead atoms. The SMILES string of the molecule is Cc1ccccc1Oc1cc2c3c(cc(Oc4ccccc4C)c4c5c(Oc6ccccc6C)cc6c7c(cc(Oc8ccccc8C)c(c1c34)c75)C(=O)N(CC(=O)NC(C(F)(F)F)C(F)(F)F)C6=O)C(=O)N(CC(=O)NC(C(F)(F)F)C(F)(F)F)C2=O. The number of ether oxygens (including phenoxy) is 4. The molecule has 0 radical (unpaired) electrons. The van der Waals surface area contributed by atoms with Crippen LogP contribution in [0, 0.1) is 27.7 Å². The van der Waals surface area contributed by atoms with Crippen molar-refractivity contribution in [2.24, 2.45) is 0 Å². The normalized spacial score (nSPS) is 13.9. The quantitative estimate of drug-likeness (QED) is 0.0462. The highest BCUT2D eigenvalue weighted by Crippen LogP contribution is 2.58. The Hall–Kier alpha value is -10.1. The zero-order valence-electron chi connectivity index (χ0n) is 45.6. The number of nitrogens with zero attached hydrogens (tertiary/aromatic N) is 2. The van der Waals surface area contributed by atoms with Crippen molar-refractivity contribution in [3.8, 4) is 46.0 Å². The standard InChI is InChI=1S/C62H40F12N4O10/c1-27-13-5-9-17-35(27)85-39-21-31-45-32(54(82)77(53(31)81)25-43(79)75-57(59(63,64)65)60(66,67)68)23-41(87-37-19-11-7-15-29(37)3)49-50-42(88-38-20-12-8-16-30(38)4)24-34-46-33(55(83)78(56(34)84)26-44(80)76-58(61(69,70)71)62(72,73)74)22-40(48(52(46)50)47(39)51(45)49)86-36-18-10-6-14-28(36)2/h5-24,57-58H,25-26H2,1-4H3,(H,75,79)(H,76,80). The van der Waals surface area contributed by atoms with E-state index in [1.807, 2.05) is 0 Å². The first kappa shape index (κ1) is 59.6. The Morgan fingerprint density at radius 3 is 0.773 bits per heavy atom. The number of alkyl halides is 12. The van der Waals surface area contributed by atoms with E-state index in [0.29, 0.717) is 22.3 Å². The molecular weight excluding hydrogens is 1190 g/mol. The molecular formula is C62H40F12N4O10. The molecule has 2 aliphatic heterocycles. The van der Waals surface area contributed by atoms with Gasteiger partial charge in [-0.2, -0.15) is 52.7 Å². The summed E-state index contributed by atoms with van der Waals surface area (Å²) in [4.78, 5) is 87.8. The van der Waals surface area contributed by atoms with Gasteiger partial charge < -0.3 is 29.6 Å². The fourth-order valence-corrected chi connectivity index (χ4v) is 10.8. The lowest BCUT2D eigenvalue weighted by atomic mass is 9.80. The molecule has 11 rings (SSSR count). The summed E-state index contributed by atoms with van der Waals surface area (Å²) in [6.07, 6.45) is -24.4. The minimum atomic E-state index is -6.09. The number of hydrogen-bond donors (Lipinski definition) is 2. The maximum Gasteiger partial charge on any atom is 0.417 e. The summed E-state index contributed by atoms with van der Waals surface area (Å²) in [6, 6.07) is 20.8. The first-order valence-electron chi connectivity index (χ1n) is 26.2. The van der Waals surface area contributed by atoms with Crippen molar-refractivity contribution >= 4 is 78.5 Å². The van der Waals surface area contributed by atoms with Gasteiger partial charge in [-0.25, -0.2) is 0 Å². The predicted molar refractivity (Wildman–Crippen MR) is 291 cm³/mol. The van der Waals surface area contributed by atoms with Crippen LogP contribution in [0.3, 0.4) is 0 Å². The van der Waals surface area contributed by atoms with E-state index >= 15 is 19.2 Å². The molecule has 88 heavy (non-hydrogen) atoms. The summed E-state index contributed by atoms with van der Waals surface area (Å²) in [5.41, 5.74) is -0.309. The summed E-state index contributed by atoms with van der Waals surface area (Å²) < 4.78 is 193. The fourth-order valence-electron chi connectivity index (χ4n) is 10.8. The summed E-state index contributed by atoms with van der Waals surface area (Å²) in [5.74, 6) is -10.8. The molecule has 2 heterocycles. The second-order valence-electron chi connectivity index (χ2n) is 20.7. The van der Waals surface area contributed by atoms with Crippen molar-refractivity contribution in [3.05, 3.63) is 166 Å². The zero-order valence-corrected chi connectivity index (χ0v) is 45.6. The van der Waals surface area contributed by atoms with Crippen molar-refractivity contribution in [3.63, 3.8) is 0 Å². The van der Waals surface area contributed by atoms with Crippen LogP contribution in [0.15, 0.2) is 121 Å². The Bertz CT molecular complexity index is 3930. The number of nitrogens with one attached hydrogen (secondary N) is 2. The average Bonchev–Trinajstić information content (AvgIpc) is 0.684. The summed E-state index contributed by atoms with van der Waals surface area (Å²) in [5, 5.41) is 0.371. The maximum absolute atomic E-state index is 15.2. The highest BCUT2D eigenvalue weighted by atomic mass is 19.4. The molecule has 0 fully saturated rings. The van der Waals surface area contributed by atoms with Crippen LogP contribution in [-0.2, 0) is 9.59 Å². The molecule has 0 aliphatic carbocycles. The molecule has 2 N–H and O–H groups in total. The van der Waals surface area contributed by atoms with Gasteiger partial charge in [0.2, 0.25) is 23.9 Å². The lowest BCUT2D eigenvalue weighted by Crippen LogP contribution is -2.57. The van der Waals surface area contributed by atoms with Crippen molar-refractivity contribution in [2.45, 2.75) is 64.5 Å². The van der Waals surface area contributed by atoms with Crippen LogP contribution in [0.5, 0.6) is 46.0 Å². The highest BCUT2D eigenvalue weighted by Gasteiger charge is 2.59. The Kier molecular flexibility index (Phi) is 14.5. The minimum absolute atomic E-state index is 0.0799. The zero-order chi connectivity index (χ0) is 63.4. The Balaban J connectivity index is 1.30. The number of carbonyl (C=O) groups excluding carboxylic acids is 6. The van der Waals surface area contributed by atoms with Crippen LogP contribution in [0.1, 0.15) is 63.7 Å². The van der Waals surface area contributed by atoms with Gasteiger partial charge in [-0.3, -0.25) is 38.6 Å². The van der Waals surface area contributed by atoms with Gasteiger partial charge in [-0.15, -0.1) is 0 Å². The second-order valence-corrected chi connectivity index (χ2v) is 20.7. The molecule has 0 spiro atoms. The van der Waals surface area contributed by atoms with E-state index in [0.717, 1.165) is 34.9 Å². The van der Waals surface area contributed by atoms with Crippen molar-refractivity contribution in [1.29, 1.82) is 0 Å². The van der Waals surface area contributed by atoms with Gasteiger partial charge in [-0.05, 0) is 98.5 Å². The number of para-hydroxylation sites is 4. The largest absolute Gasteiger partial charge is 0.456 e. The number of hydrogen-bond acceptors (Lipinski definition) is 10. The third-order valence-corrected chi connectivity index (χ3v) is 14.8. The van der Waals surface area contributed by atoms with Gasteiger partial charge in [0.25, 0.3) is 23.6 Å². The van der Waals surface area contributed by atoms with Crippen molar-refractivity contribution < 1.29 is 100 Å². The first-order chi connectivity index (χ1) is 41.3. The van der Waals surface area contributed by atoms with Gasteiger partial charge in [0, 0.05) is 43.1 Å². The van der Waals surface area contributed by atoms with Crippen molar-refractivity contribution in [2.75, 3.05) is 13.1 Å². The number of fused-ring (bicyclic) bond motifs is 2. The van der Waals surface area contributed by atoms with Crippen LogP contribution < -0.4 is 29.6 Å². The monoisotopic (exact) mass is 1230 g/mol. The predicted octanol–water partition coefficient (Wildman–Crippen LogP) is 14.6. The topological polar surface area (TPSA) is 170 Å². The van der Waals surface area contributed by atoms with Gasteiger partial charge in [-0.1, -0.05) is 72.8 Å². The number of imide groups is 2. The lowest BCUT2D eigenvalue weighted by molar-refractivity contribution is -0.258. The van der Waals surface area contributed by atoms with Crippen LogP contribution >= 0.6 is 0 Å². The molecule has 0 aromatic heterocycles. The summed E-state index contributed by atoms with van der Waals surface area (Å²) >= 11 is 0. The number of rotatable bonds is 14. The number of amides is 6. The van der Waals surface area contributed by atoms with Gasteiger partial charge >= 0.3 is 24.7 Å². The van der Waals surface area contributed by atoms with E-state index in [2.05, 4.69) is 0 Å². The van der Waals surface area contributed by atoms with Crippen LogP contribution in [0.2, 0.25) is 0 Å². The van der Waals surface area contributed by atoms with Crippen molar-refractivity contribution in [1.82, 2.24) is 20.4 Å². The lowest BCUT2D eigenvalue weighted by Gasteiger charge is -2.33. The maximum atomic E-state index is 15.2. The molecule has 14 nitrogen and oxygen atoms in total. The number of halogens is 12. The van der Waals surface area contributed by atoms with Crippen LogP contribution in [0.25, 0.3) is 43.1 Å². The third-order valence-electron chi connectivity index (χ3n) is 14.8. The van der Waals surface area contributed by atoms with E-state index in [4.69, 9.17) is 18.9 Å². The van der Waals surface area contributed by atoms with Gasteiger partial charge in [0.05, 0.1) is 22.3 Å². The van der Waals surface area contributed by atoms with Gasteiger partial charge in [0.15, 0.2) is 0 Å². The molecule has 0 unspecified atom stereocenters. The van der Waals surface area contributed by atoms with E-state index in [-0.39, 0.29) is 98.9 Å². The fraction of sp³-hybridized carbons (Fsp3) is 0.194. The van der Waals surface area contributed by atoms with E-state index in [9.17, 15) is 62.3 Å². The molecule has 2 aliphatic rings. The molecule has 9 aromatic carbocycles. The average molecular weight is 1230 g/mol. The van der Waals surface area contributed by atoms with Crippen LogP contribution in [0.4, 0.5) is 52.7 Å². The molecule has 6 amide bonds. The van der Waals surface area contributed by atoms with E-state index in [1.165, 1.54) is 24.3 Å². The minimum Gasteiger partial charge on any atom is -0.456 e. The molecule has 26 heteroatoms. The molecule has 0 saturated carbocycles. The molecule has 0 atom stereocenters. The molecule has 0 saturated heterocycles. The van der Waals surface area contributed by atoms with Crippen LogP contribution in [-0.4, -0.2) is 95.1 Å². The number of benzene rings is 9. The smallest absolute Gasteiger partial charge is 0.417 e. The third kappa shape index (κ3) is 10.4. The number of carbonyl (C=O) groups is 6. The summed E-state index contributed by atoms with van der Waals surface area (Å²) in [7, 11) is 0.